The Morgan fingerprint density at radius 3 is 2.31 bits per heavy atom. The van der Waals surface area contributed by atoms with Crippen LogP contribution in [-0.4, -0.2) is 5.11 Å². The third-order valence-electron chi connectivity index (χ3n) is 2.63. The SMILES string of the molecule is Cc1ccc(C(O)c2ccccc2)cc1Cl. The predicted molar refractivity (Wildman–Crippen MR) is 66.7 cm³/mol. The second-order valence-corrected chi connectivity index (χ2v) is 4.23. The minimum atomic E-state index is -0.612. The molecule has 1 atom stereocenters. The van der Waals surface area contributed by atoms with Crippen molar-refractivity contribution in [2.75, 3.05) is 0 Å². The molecule has 0 spiro atoms. The molecule has 2 aromatic carbocycles. The maximum atomic E-state index is 10.1. The molecule has 0 fully saturated rings. The van der Waals surface area contributed by atoms with Crippen LogP contribution >= 0.6 is 11.6 Å². The molecular formula is C14H13ClO. The summed E-state index contributed by atoms with van der Waals surface area (Å²) in [6.45, 7) is 1.95. The van der Waals surface area contributed by atoms with Crippen LogP contribution in [0.4, 0.5) is 0 Å². The zero-order valence-corrected chi connectivity index (χ0v) is 9.78. The Hall–Kier alpha value is -1.31. The molecule has 16 heavy (non-hydrogen) atoms. The van der Waals surface area contributed by atoms with Gasteiger partial charge >= 0.3 is 0 Å². The van der Waals surface area contributed by atoms with Gasteiger partial charge in [0.05, 0.1) is 0 Å². The van der Waals surface area contributed by atoms with E-state index in [-0.39, 0.29) is 0 Å². The summed E-state index contributed by atoms with van der Waals surface area (Å²) < 4.78 is 0. The van der Waals surface area contributed by atoms with Gasteiger partial charge in [-0.3, -0.25) is 0 Å². The normalized spacial score (nSPS) is 12.4. The molecule has 0 saturated heterocycles. The first-order valence-corrected chi connectivity index (χ1v) is 5.55. The highest BCUT2D eigenvalue weighted by molar-refractivity contribution is 6.31. The Labute approximate surface area is 100 Å². The van der Waals surface area contributed by atoms with Crippen molar-refractivity contribution >= 4 is 11.6 Å². The minimum Gasteiger partial charge on any atom is -0.384 e. The van der Waals surface area contributed by atoms with Gasteiger partial charge in [-0.05, 0) is 29.7 Å². The zero-order valence-electron chi connectivity index (χ0n) is 9.02. The van der Waals surface area contributed by atoms with Crippen LogP contribution in [0.3, 0.4) is 0 Å². The molecule has 0 aliphatic carbocycles. The van der Waals surface area contributed by atoms with E-state index in [9.17, 15) is 5.11 Å². The van der Waals surface area contributed by atoms with Crippen LogP contribution in [0.2, 0.25) is 5.02 Å². The van der Waals surface area contributed by atoms with Crippen molar-refractivity contribution in [3.8, 4) is 0 Å². The van der Waals surface area contributed by atoms with Crippen molar-refractivity contribution in [1.29, 1.82) is 0 Å². The lowest BCUT2D eigenvalue weighted by Gasteiger charge is -2.12. The van der Waals surface area contributed by atoms with Gasteiger partial charge in [-0.25, -0.2) is 0 Å². The quantitative estimate of drug-likeness (QED) is 0.837. The number of hydrogen-bond donors (Lipinski definition) is 1. The molecule has 1 unspecified atom stereocenters. The average molecular weight is 233 g/mol. The summed E-state index contributed by atoms with van der Waals surface area (Å²) in [5.41, 5.74) is 2.72. The third kappa shape index (κ3) is 2.26. The van der Waals surface area contributed by atoms with Crippen LogP contribution in [0.5, 0.6) is 0 Å². The van der Waals surface area contributed by atoms with Crippen LogP contribution in [0, 0.1) is 6.92 Å². The molecule has 0 saturated carbocycles. The Kier molecular flexibility index (Phi) is 3.28. The van der Waals surface area contributed by atoms with Crippen LogP contribution in [0.15, 0.2) is 48.5 Å². The Morgan fingerprint density at radius 2 is 1.69 bits per heavy atom. The van der Waals surface area contributed by atoms with Gasteiger partial charge in [0.1, 0.15) is 6.10 Å². The van der Waals surface area contributed by atoms with E-state index in [1.807, 2.05) is 55.5 Å². The lowest BCUT2D eigenvalue weighted by atomic mass is 10.0. The van der Waals surface area contributed by atoms with Crippen LogP contribution < -0.4 is 0 Å². The molecule has 2 heteroatoms. The fourth-order valence-corrected chi connectivity index (χ4v) is 1.80. The van der Waals surface area contributed by atoms with Gasteiger partial charge in [0, 0.05) is 5.02 Å². The number of hydrogen-bond acceptors (Lipinski definition) is 1. The van der Waals surface area contributed by atoms with E-state index in [1.165, 1.54) is 0 Å². The van der Waals surface area contributed by atoms with Crippen molar-refractivity contribution in [3.05, 3.63) is 70.2 Å². The highest BCUT2D eigenvalue weighted by Gasteiger charge is 2.10. The fourth-order valence-electron chi connectivity index (χ4n) is 1.61. The first-order valence-electron chi connectivity index (χ1n) is 5.17. The largest absolute Gasteiger partial charge is 0.384 e. The summed E-state index contributed by atoms with van der Waals surface area (Å²) in [4.78, 5) is 0. The lowest BCUT2D eigenvalue weighted by Crippen LogP contribution is -1.99. The standard InChI is InChI=1S/C14H13ClO/c1-10-7-8-12(9-13(10)15)14(16)11-5-3-2-4-6-11/h2-9,14,16H,1H3. The number of halogens is 1. The highest BCUT2D eigenvalue weighted by atomic mass is 35.5. The molecule has 0 heterocycles. The van der Waals surface area contributed by atoms with Crippen molar-refractivity contribution in [2.45, 2.75) is 13.0 Å². The molecule has 0 aliphatic rings. The highest BCUT2D eigenvalue weighted by Crippen LogP contribution is 2.25. The molecule has 1 N–H and O–H groups in total. The maximum Gasteiger partial charge on any atom is 0.104 e. The van der Waals surface area contributed by atoms with Gasteiger partial charge < -0.3 is 5.11 Å². The molecule has 2 aromatic rings. The van der Waals surface area contributed by atoms with Gasteiger partial charge in [-0.1, -0.05) is 54.1 Å². The first kappa shape index (κ1) is 11.2. The van der Waals surface area contributed by atoms with Crippen molar-refractivity contribution < 1.29 is 5.11 Å². The maximum absolute atomic E-state index is 10.1. The molecule has 1 nitrogen and oxygen atoms in total. The van der Waals surface area contributed by atoms with Gasteiger partial charge in [-0.2, -0.15) is 0 Å². The summed E-state index contributed by atoms with van der Waals surface area (Å²) in [6.07, 6.45) is -0.612. The summed E-state index contributed by atoms with van der Waals surface area (Å²) in [5, 5.41) is 10.8. The van der Waals surface area contributed by atoms with Gasteiger partial charge in [-0.15, -0.1) is 0 Å². The van der Waals surface area contributed by atoms with E-state index in [4.69, 9.17) is 11.6 Å². The predicted octanol–water partition coefficient (Wildman–Crippen LogP) is 3.73. The smallest absolute Gasteiger partial charge is 0.104 e. The van der Waals surface area contributed by atoms with E-state index in [0.717, 1.165) is 16.7 Å². The summed E-state index contributed by atoms with van der Waals surface area (Å²) in [7, 11) is 0. The Balaban J connectivity index is 2.34. The molecule has 0 radical (unpaired) electrons. The van der Waals surface area contributed by atoms with E-state index in [0.29, 0.717) is 5.02 Å². The summed E-state index contributed by atoms with van der Waals surface area (Å²) in [6, 6.07) is 15.2. The van der Waals surface area contributed by atoms with Gasteiger partial charge in [0.15, 0.2) is 0 Å². The number of aliphatic hydroxyl groups is 1. The molecule has 0 bridgehead atoms. The van der Waals surface area contributed by atoms with E-state index >= 15 is 0 Å². The van der Waals surface area contributed by atoms with E-state index < -0.39 is 6.10 Å². The Morgan fingerprint density at radius 1 is 1.00 bits per heavy atom. The molecule has 0 amide bonds. The summed E-state index contributed by atoms with van der Waals surface area (Å²) >= 11 is 6.03. The topological polar surface area (TPSA) is 20.2 Å². The van der Waals surface area contributed by atoms with E-state index in [1.54, 1.807) is 0 Å². The van der Waals surface area contributed by atoms with Crippen LogP contribution in [0.25, 0.3) is 0 Å². The van der Waals surface area contributed by atoms with Crippen molar-refractivity contribution in [1.82, 2.24) is 0 Å². The third-order valence-corrected chi connectivity index (χ3v) is 3.03. The number of aryl methyl sites for hydroxylation is 1. The number of aliphatic hydroxyl groups excluding tert-OH is 1. The van der Waals surface area contributed by atoms with Gasteiger partial charge in [0.25, 0.3) is 0 Å². The first-order chi connectivity index (χ1) is 7.68. The Bertz CT molecular complexity index is 479. The second kappa shape index (κ2) is 4.69. The fraction of sp³-hybridized carbons (Fsp3) is 0.143. The minimum absolute atomic E-state index is 0.612. The second-order valence-electron chi connectivity index (χ2n) is 3.82. The molecule has 82 valence electrons. The number of benzene rings is 2. The van der Waals surface area contributed by atoms with Crippen molar-refractivity contribution in [2.24, 2.45) is 0 Å². The van der Waals surface area contributed by atoms with E-state index in [2.05, 4.69) is 0 Å². The lowest BCUT2D eigenvalue weighted by molar-refractivity contribution is 0.220. The van der Waals surface area contributed by atoms with Crippen LogP contribution in [-0.2, 0) is 0 Å². The molecule has 0 aliphatic heterocycles. The molecule has 2 rings (SSSR count). The average Bonchev–Trinajstić information content (AvgIpc) is 2.33. The zero-order chi connectivity index (χ0) is 11.5. The monoisotopic (exact) mass is 232 g/mol. The van der Waals surface area contributed by atoms with Crippen LogP contribution in [0.1, 0.15) is 22.8 Å². The van der Waals surface area contributed by atoms with Gasteiger partial charge in [0.2, 0.25) is 0 Å². The summed E-state index contributed by atoms with van der Waals surface area (Å²) in [5.74, 6) is 0. The molecule has 0 aromatic heterocycles. The number of rotatable bonds is 2. The molecular weight excluding hydrogens is 220 g/mol. The van der Waals surface area contributed by atoms with Crippen molar-refractivity contribution in [3.63, 3.8) is 0 Å².